The van der Waals surface area contributed by atoms with E-state index in [9.17, 15) is 50.8 Å². The van der Waals surface area contributed by atoms with Gasteiger partial charge in [0.15, 0.2) is 5.43 Å². The standard InChI is InChI=1S/C27H30O15/c28-8-17-20(32)22(34)24(36)26(41-17)38-11-3-1-10(2-4-11)15-7-14(31)19-13(30)5-12(6-16(19)40-15)39-27-25(37)23(35)21(33)18(9-29)42-27/h1-7,17-18,20-30,32-37H,8-9H2/t17?,18-,20+,21+,22?,23?,24?,25?,26+,27+/m0/s1. The zero-order valence-corrected chi connectivity index (χ0v) is 21.7. The highest BCUT2D eigenvalue weighted by atomic mass is 16.7. The van der Waals surface area contributed by atoms with Gasteiger partial charge in [0.25, 0.3) is 0 Å². The van der Waals surface area contributed by atoms with Crippen LogP contribution < -0.4 is 14.9 Å². The van der Waals surface area contributed by atoms with Gasteiger partial charge in [0.2, 0.25) is 12.6 Å². The first kappa shape index (κ1) is 30.1. The van der Waals surface area contributed by atoms with Gasteiger partial charge in [-0.2, -0.15) is 0 Å². The summed E-state index contributed by atoms with van der Waals surface area (Å²) in [6, 6.07) is 9.40. The molecule has 228 valence electrons. The molecule has 2 saturated heterocycles. The number of hydrogen-bond donors (Lipinski definition) is 9. The third kappa shape index (κ3) is 5.67. The van der Waals surface area contributed by atoms with Crippen LogP contribution in [0, 0.1) is 0 Å². The van der Waals surface area contributed by atoms with Crippen LogP contribution in [-0.4, -0.2) is 121 Å². The third-order valence-electron chi connectivity index (χ3n) is 7.12. The van der Waals surface area contributed by atoms with Crippen LogP contribution in [0.4, 0.5) is 0 Å². The van der Waals surface area contributed by atoms with Gasteiger partial charge in [-0.3, -0.25) is 4.79 Å². The molecule has 5 unspecified atom stereocenters. The Morgan fingerprint density at radius 1 is 0.667 bits per heavy atom. The normalized spacial score (nSPS) is 33.4. The Bertz CT molecular complexity index is 1440. The van der Waals surface area contributed by atoms with Crippen molar-refractivity contribution in [1.82, 2.24) is 0 Å². The number of aliphatic hydroxyl groups is 8. The van der Waals surface area contributed by atoms with Gasteiger partial charge < -0.3 is 69.3 Å². The summed E-state index contributed by atoms with van der Waals surface area (Å²) < 4.78 is 27.6. The second-order valence-electron chi connectivity index (χ2n) is 9.95. The van der Waals surface area contributed by atoms with Crippen molar-refractivity contribution in [3.8, 4) is 28.6 Å². The summed E-state index contributed by atoms with van der Waals surface area (Å²) in [7, 11) is 0. The lowest BCUT2D eigenvalue weighted by Gasteiger charge is -2.39. The number of aliphatic hydroxyl groups excluding tert-OH is 8. The van der Waals surface area contributed by atoms with Crippen LogP contribution >= 0.6 is 0 Å². The van der Waals surface area contributed by atoms with Crippen LogP contribution in [0.15, 0.2) is 51.7 Å². The molecular formula is C27H30O15. The lowest BCUT2D eigenvalue weighted by Crippen LogP contribution is -2.60. The number of benzene rings is 2. The van der Waals surface area contributed by atoms with Crippen molar-refractivity contribution in [2.75, 3.05) is 13.2 Å². The molecule has 42 heavy (non-hydrogen) atoms. The first-order valence-corrected chi connectivity index (χ1v) is 12.9. The maximum atomic E-state index is 12.8. The van der Waals surface area contributed by atoms with E-state index in [1.807, 2.05) is 0 Å². The summed E-state index contributed by atoms with van der Waals surface area (Å²) in [4.78, 5) is 12.8. The first-order chi connectivity index (χ1) is 20.0. The van der Waals surface area contributed by atoms with E-state index >= 15 is 0 Å². The quantitative estimate of drug-likeness (QED) is 0.137. The van der Waals surface area contributed by atoms with E-state index in [1.165, 1.54) is 30.3 Å². The van der Waals surface area contributed by atoms with E-state index in [-0.39, 0.29) is 28.2 Å². The molecule has 2 aliphatic rings. The molecule has 1 aromatic heterocycles. The minimum Gasteiger partial charge on any atom is -0.507 e. The molecule has 0 aliphatic carbocycles. The SMILES string of the molecule is O=c1cc(-c2ccc(O[C@@H]3OC(CO)[C@@H](O)C(O)C3O)cc2)oc2cc(O[C@@H]3O[C@@H](CO)[C@@H](O)C(O)C3O)cc(O)c12. The van der Waals surface area contributed by atoms with Gasteiger partial charge in [-0.1, -0.05) is 0 Å². The minimum absolute atomic E-state index is 0.0799. The van der Waals surface area contributed by atoms with Gasteiger partial charge in [-0.15, -0.1) is 0 Å². The molecule has 2 aliphatic heterocycles. The van der Waals surface area contributed by atoms with Crippen LogP contribution in [0.5, 0.6) is 17.2 Å². The number of phenols is 1. The average molecular weight is 595 g/mol. The molecule has 9 N–H and O–H groups in total. The van der Waals surface area contributed by atoms with Gasteiger partial charge in [0.05, 0.1) is 13.2 Å². The van der Waals surface area contributed by atoms with Gasteiger partial charge in [0.1, 0.15) is 82.8 Å². The molecule has 0 radical (unpaired) electrons. The monoisotopic (exact) mass is 594 g/mol. The second-order valence-corrected chi connectivity index (χ2v) is 9.95. The van der Waals surface area contributed by atoms with Gasteiger partial charge >= 0.3 is 0 Å². The number of aromatic hydroxyl groups is 1. The highest BCUT2D eigenvalue weighted by molar-refractivity contribution is 5.86. The van der Waals surface area contributed by atoms with E-state index < -0.39 is 85.8 Å². The van der Waals surface area contributed by atoms with E-state index in [1.54, 1.807) is 0 Å². The zero-order valence-electron chi connectivity index (χ0n) is 21.7. The molecule has 0 bridgehead atoms. The fourth-order valence-corrected chi connectivity index (χ4v) is 4.75. The summed E-state index contributed by atoms with van der Waals surface area (Å²) in [5.74, 6) is -0.362. The smallest absolute Gasteiger partial charge is 0.229 e. The molecule has 0 saturated carbocycles. The summed E-state index contributed by atoms with van der Waals surface area (Å²) in [6.45, 7) is -1.28. The lowest BCUT2D eigenvalue weighted by atomic mass is 9.99. The van der Waals surface area contributed by atoms with Crippen LogP contribution in [-0.2, 0) is 9.47 Å². The maximum absolute atomic E-state index is 12.8. The average Bonchev–Trinajstić information content (AvgIpc) is 2.97. The number of fused-ring (bicyclic) bond motifs is 1. The molecule has 0 spiro atoms. The Labute approximate surface area is 236 Å². The van der Waals surface area contributed by atoms with E-state index in [4.69, 9.17) is 23.4 Å². The maximum Gasteiger partial charge on any atom is 0.229 e. The van der Waals surface area contributed by atoms with Crippen molar-refractivity contribution in [2.24, 2.45) is 0 Å². The third-order valence-corrected chi connectivity index (χ3v) is 7.12. The Morgan fingerprint density at radius 3 is 1.71 bits per heavy atom. The molecule has 3 aromatic rings. The largest absolute Gasteiger partial charge is 0.507 e. The van der Waals surface area contributed by atoms with Crippen molar-refractivity contribution < 1.29 is 69.3 Å². The number of ether oxygens (including phenoxy) is 4. The van der Waals surface area contributed by atoms with Gasteiger partial charge in [-0.25, -0.2) is 0 Å². The summed E-state index contributed by atoms with van der Waals surface area (Å²) in [6.07, 6.45) is -15.0. The van der Waals surface area contributed by atoms with Crippen LogP contribution in [0.25, 0.3) is 22.3 Å². The van der Waals surface area contributed by atoms with Crippen LogP contribution in [0.2, 0.25) is 0 Å². The Hall–Kier alpha value is -3.35. The highest BCUT2D eigenvalue weighted by Gasteiger charge is 2.45. The molecule has 15 nitrogen and oxygen atoms in total. The predicted octanol–water partition coefficient (Wildman–Crippen LogP) is -2.48. The zero-order chi connectivity index (χ0) is 30.3. The summed E-state index contributed by atoms with van der Waals surface area (Å²) in [5.41, 5.74) is -0.293. The molecule has 5 rings (SSSR count). The highest BCUT2D eigenvalue weighted by Crippen LogP contribution is 2.34. The van der Waals surface area contributed by atoms with Crippen molar-refractivity contribution in [1.29, 1.82) is 0 Å². The summed E-state index contributed by atoms with van der Waals surface area (Å²) in [5, 5.41) is 89.3. The van der Waals surface area contributed by atoms with Gasteiger partial charge in [0, 0.05) is 23.8 Å². The van der Waals surface area contributed by atoms with Crippen molar-refractivity contribution in [2.45, 2.75) is 61.4 Å². The Morgan fingerprint density at radius 2 is 1.19 bits per heavy atom. The van der Waals surface area contributed by atoms with Crippen LogP contribution in [0.3, 0.4) is 0 Å². The fourth-order valence-electron chi connectivity index (χ4n) is 4.75. The first-order valence-electron chi connectivity index (χ1n) is 12.9. The van der Waals surface area contributed by atoms with Crippen molar-refractivity contribution in [3.05, 3.63) is 52.7 Å². The molecule has 3 heterocycles. The minimum atomic E-state index is -1.71. The predicted molar refractivity (Wildman–Crippen MR) is 138 cm³/mol. The number of rotatable bonds is 7. The van der Waals surface area contributed by atoms with E-state index in [0.29, 0.717) is 5.56 Å². The van der Waals surface area contributed by atoms with E-state index in [2.05, 4.69) is 0 Å². The molecule has 2 fully saturated rings. The van der Waals surface area contributed by atoms with Crippen LogP contribution in [0.1, 0.15) is 0 Å². The molecule has 0 amide bonds. The molecular weight excluding hydrogens is 564 g/mol. The topological polar surface area (TPSA) is 249 Å². The van der Waals surface area contributed by atoms with Crippen molar-refractivity contribution >= 4 is 11.0 Å². The fraction of sp³-hybridized carbons (Fsp3) is 0.444. The Balaban J connectivity index is 1.37. The van der Waals surface area contributed by atoms with Gasteiger partial charge in [-0.05, 0) is 24.3 Å². The molecule has 2 aromatic carbocycles. The summed E-state index contributed by atoms with van der Waals surface area (Å²) >= 11 is 0. The molecule has 10 atom stereocenters. The molecule has 15 heteroatoms. The lowest BCUT2D eigenvalue weighted by molar-refractivity contribution is -0.277. The van der Waals surface area contributed by atoms with E-state index in [0.717, 1.165) is 12.1 Å². The van der Waals surface area contributed by atoms with Crippen molar-refractivity contribution in [3.63, 3.8) is 0 Å². The number of phenolic OH excluding ortho intramolecular Hbond substituents is 1. The Kier molecular flexibility index (Phi) is 8.68. The second kappa shape index (κ2) is 12.1. The number of hydrogen-bond acceptors (Lipinski definition) is 15.